The summed E-state index contributed by atoms with van der Waals surface area (Å²) in [4.78, 5) is 10.0. The number of benzene rings is 2. The largest absolute Gasteiger partial charge is 0.507 e. The van der Waals surface area contributed by atoms with Gasteiger partial charge in [0.25, 0.3) is 10.1 Å². The van der Waals surface area contributed by atoms with Crippen LogP contribution in [0.3, 0.4) is 0 Å². The first kappa shape index (κ1) is 17.2. The van der Waals surface area contributed by atoms with Crippen LogP contribution in [-0.2, 0) is 14.9 Å². The van der Waals surface area contributed by atoms with Gasteiger partial charge in [0.15, 0.2) is 3.23 Å². The number of fused-ring (bicyclic) bond motifs is 1. The molecule has 0 aliphatic carbocycles. The number of rotatable bonds is 1. The minimum Gasteiger partial charge on any atom is -0.507 e. The molecule has 1 aliphatic rings. The van der Waals surface area contributed by atoms with Crippen LogP contribution in [0.2, 0.25) is 0 Å². The van der Waals surface area contributed by atoms with E-state index < -0.39 is 13.4 Å². The number of amides is 1. The molecule has 3 N–H and O–H groups in total. The molecule has 22 heavy (non-hydrogen) atoms. The summed E-state index contributed by atoms with van der Waals surface area (Å²) in [7, 11) is -4.28. The summed E-state index contributed by atoms with van der Waals surface area (Å²) in [5.74, 6) is -0.159. The zero-order valence-electron chi connectivity index (χ0n) is 11.0. The number of aromatic hydroxyl groups is 1. The molecule has 0 bridgehead atoms. The molecule has 0 atom stereocenters. The summed E-state index contributed by atoms with van der Waals surface area (Å²) in [5, 5.41) is 13.2. The molecule has 118 valence electrons. The molecule has 6 nitrogen and oxygen atoms in total. The number of carbonyl (C=O) groups is 1. The van der Waals surface area contributed by atoms with E-state index in [1.54, 1.807) is 24.3 Å². The summed E-state index contributed by atoms with van der Waals surface area (Å²) >= 11 is 6.27. The van der Waals surface area contributed by atoms with Gasteiger partial charge in [0.1, 0.15) is 5.75 Å². The lowest BCUT2D eigenvalue weighted by Gasteiger charge is -2.29. The Morgan fingerprint density at radius 1 is 1.18 bits per heavy atom. The molecule has 0 radical (unpaired) electrons. The molecule has 0 unspecified atom stereocenters. The van der Waals surface area contributed by atoms with Crippen LogP contribution in [0.15, 0.2) is 41.3 Å². The van der Waals surface area contributed by atoms with Gasteiger partial charge >= 0.3 is 0 Å². The van der Waals surface area contributed by atoms with Gasteiger partial charge in [-0.1, -0.05) is 56.1 Å². The SMILES string of the molecule is O=C1NCC1(Br)Br.O=S(=O)(O)c1cc(O)c2ccccc2c1. The second kappa shape index (κ2) is 6.15. The topological polar surface area (TPSA) is 104 Å². The summed E-state index contributed by atoms with van der Waals surface area (Å²) in [6.45, 7) is 0.672. The molecule has 9 heteroatoms. The number of carbonyl (C=O) groups excluding carboxylic acids is 1. The summed E-state index contributed by atoms with van der Waals surface area (Å²) in [6, 6.07) is 9.11. The lowest BCUT2D eigenvalue weighted by molar-refractivity contribution is -0.125. The quantitative estimate of drug-likeness (QED) is 0.350. The van der Waals surface area contributed by atoms with Gasteiger partial charge in [-0.05, 0) is 11.5 Å². The van der Waals surface area contributed by atoms with Gasteiger partial charge in [0.05, 0.1) is 11.4 Å². The number of halogens is 2. The lowest BCUT2D eigenvalue weighted by atomic mass is 10.1. The highest BCUT2D eigenvalue weighted by Gasteiger charge is 2.40. The van der Waals surface area contributed by atoms with Gasteiger partial charge in [0.2, 0.25) is 5.91 Å². The first-order chi connectivity index (χ1) is 10.1. The maximum Gasteiger partial charge on any atom is 0.294 e. The van der Waals surface area contributed by atoms with E-state index in [1.165, 1.54) is 6.07 Å². The van der Waals surface area contributed by atoms with Crippen molar-refractivity contribution in [3.8, 4) is 5.75 Å². The van der Waals surface area contributed by atoms with E-state index in [-0.39, 0.29) is 16.6 Å². The van der Waals surface area contributed by atoms with Gasteiger partial charge in [-0.15, -0.1) is 0 Å². The number of phenolic OH excluding ortho intramolecular Hbond substituents is 1. The van der Waals surface area contributed by atoms with Crippen molar-refractivity contribution < 1.29 is 22.9 Å². The normalized spacial score (nSPS) is 16.2. The van der Waals surface area contributed by atoms with Crippen molar-refractivity contribution in [3.63, 3.8) is 0 Å². The van der Waals surface area contributed by atoms with Crippen molar-refractivity contribution in [2.24, 2.45) is 0 Å². The number of β-lactam (4-membered cyclic amide) rings is 1. The molecule has 1 amide bonds. The fraction of sp³-hybridized carbons (Fsp3) is 0.154. The molecule has 0 saturated carbocycles. The Morgan fingerprint density at radius 3 is 2.23 bits per heavy atom. The van der Waals surface area contributed by atoms with E-state index in [4.69, 9.17) is 4.55 Å². The minimum absolute atomic E-state index is 0.00694. The average Bonchev–Trinajstić information content (AvgIpc) is 2.45. The van der Waals surface area contributed by atoms with Crippen molar-refractivity contribution in [2.45, 2.75) is 8.13 Å². The fourth-order valence-electron chi connectivity index (χ4n) is 1.71. The Labute approximate surface area is 143 Å². The molecule has 3 rings (SSSR count). The van der Waals surface area contributed by atoms with Gasteiger partial charge in [-0.3, -0.25) is 9.35 Å². The molecule has 1 heterocycles. The summed E-state index contributed by atoms with van der Waals surface area (Å²) in [6.07, 6.45) is 0. The lowest BCUT2D eigenvalue weighted by Crippen LogP contribution is -2.56. The fourth-order valence-corrected chi connectivity index (χ4v) is 2.80. The minimum atomic E-state index is -4.28. The van der Waals surface area contributed by atoms with Crippen LogP contribution >= 0.6 is 31.9 Å². The van der Waals surface area contributed by atoms with Crippen LogP contribution in [0.25, 0.3) is 10.8 Å². The van der Waals surface area contributed by atoms with Crippen LogP contribution in [0.1, 0.15) is 0 Å². The number of hydrogen-bond acceptors (Lipinski definition) is 4. The predicted octanol–water partition coefficient (Wildman–Crippen LogP) is 2.39. The predicted molar refractivity (Wildman–Crippen MR) is 89.0 cm³/mol. The molecule has 1 aliphatic heterocycles. The molecule has 2 aromatic carbocycles. The standard InChI is InChI=1S/C10H8O4S.C3H3Br2NO/c11-10-6-8(15(12,13)14)5-7-3-1-2-4-9(7)10;4-3(5)1-6-2(3)7/h1-6,11H,(H,12,13,14);1H2,(H,6,7). The van der Waals surface area contributed by atoms with E-state index >= 15 is 0 Å². The van der Waals surface area contributed by atoms with Crippen molar-refractivity contribution in [3.05, 3.63) is 36.4 Å². The molecule has 0 spiro atoms. The number of nitrogens with one attached hydrogen (secondary N) is 1. The Kier molecular flexibility index (Phi) is 4.81. The van der Waals surface area contributed by atoms with Crippen molar-refractivity contribution in [1.82, 2.24) is 5.32 Å². The number of phenols is 1. The second-order valence-electron chi connectivity index (χ2n) is 4.53. The van der Waals surface area contributed by atoms with Crippen LogP contribution in [0.4, 0.5) is 0 Å². The molecular weight excluding hydrogens is 442 g/mol. The van der Waals surface area contributed by atoms with Crippen molar-refractivity contribution in [2.75, 3.05) is 6.54 Å². The number of hydrogen-bond donors (Lipinski definition) is 3. The Hall–Kier alpha value is -1.16. The van der Waals surface area contributed by atoms with Crippen LogP contribution < -0.4 is 5.32 Å². The zero-order chi connectivity index (χ0) is 16.5. The van der Waals surface area contributed by atoms with Gasteiger partial charge in [-0.2, -0.15) is 8.42 Å². The Bertz CT molecular complexity index is 835. The van der Waals surface area contributed by atoms with Crippen molar-refractivity contribution in [1.29, 1.82) is 0 Å². The summed E-state index contributed by atoms with van der Waals surface area (Å²) in [5.41, 5.74) is 0. The first-order valence-electron chi connectivity index (χ1n) is 5.96. The van der Waals surface area contributed by atoms with Gasteiger partial charge in [0, 0.05) is 11.5 Å². The molecule has 1 fully saturated rings. The number of alkyl halides is 2. The highest BCUT2D eigenvalue weighted by Crippen LogP contribution is 2.30. The third kappa shape index (κ3) is 3.78. The molecule has 1 saturated heterocycles. The van der Waals surface area contributed by atoms with Gasteiger partial charge in [-0.25, -0.2) is 0 Å². The van der Waals surface area contributed by atoms with Crippen LogP contribution in [0.5, 0.6) is 5.75 Å². The monoisotopic (exact) mass is 451 g/mol. The Morgan fingerprint density at radius 2 is 1.77 bits per heavy atom. The maximum absolute atomic E-state index is 10.9. The van der Waals surface area contributed by atoms with E-state index in [2.05, 4.69) is 37.2 Å². The van der Waals surface area contributed by atoms with E-state index in [9.17, 15) is 18.3 Å². The van der Waals surface area contributed by atoms with Crippen LogP contribution in [0, 0.1) is 0 Å². The third-order valence-electron chi connectivity index (χ3n) is 2.91. The van der Waals surface area contributed by atoms with Crippen LogP contribution in [-0.4, -0.2) is 33.8 Å². The maximum atomic E-state index is 10.9. The average molecular weight is 453 g/mol. The summed E-state index contributed by atoms with van der Waals surface area (Å²) < 4.78 is 30.1. The highest BCUT2D eigenvalue weighted by atomic mass is 79.9. The van der Waals surface area contributed by atoms with Crippen molar-refractivity contribution >= 4 is 58.7 Å². The van der Waals surface area contributed by atoms with E-state index in [0.29, 0.717) is 17.3 Å². The van der Waals surface area contributed by atoms with E-state index in [0.717, 1.165) is 6.07 Å². The van der Waals surface area contributed by atoms with Gasteiger partial charge < -0.3 is 10.4 Å². The second-order valence-corrected chi connectivity index (χ2v) is 9.72. The Balaban J connectivity index is 0.000000211. The zero-order valence-corrected chi connectivity index (χ0v) is 14.9. The third-order valence-corrected chi connectivity index (χ3v) is 5.03. The van der Waals surface area contributed by atoms with E-state index in [1.807, 2.05) is 0 Å². The highest BCUT2D eigenvalue weighted by molar-refractivity contribution is 9.26. The first-order valence-corrected chi connectivity index (χ1v) is 8.99. The molecule has 0 aromatic heterocycles. The smallest absolute Gasteiger partial charge is 0.294 e. The molecular formula is C13H11Br2NO5S. The molecule has 2 aromatic rings.